The van der Waals surface area contributed by atoms with Crippen molar-refractivity contribution in [1.82, 2.24) is 10.6 Å². The Morgan fingerprint density at radius 2 is 2.19 bits per heavy atom. The molecule has 1 aliphatic rings. The first-order valence-electron chi connectivity index (χ1n) is 6.04. The van der Waals surface area contributed by atoms with Crippen LogP contribution in [0.3, 0.4) is 0 Å². The monoisotopic (exact) mass is 228 g/mol. The topological polar surface area (TPSA) is 50.4 Å². The third-order valence-electron chi connectivity index (χ3n) is 2.69. The molecule has 0 spiro atoms. The molecule has 2 atom stereocenters. The molecule has 0 saturated carbocycles. The predicted octanol–water partition coefficient (Wildman–Crippen LogP) is 1.06. The van der Waals surface area contributed by atoms with E-state index in [2.05, 4.69) is 10.6 Å². The lowest BCUT2D eigenvalue weighted by atomic mass is 10.1. The van der Waals surface area contributed by atoms with E-state index in [4.69, 9.17) is 4.74 Å². The van der Waals surface area contributed by atoms with Crippen molar-refractivity contribution in [1.29, 1.82) is 0 Å². The van der Waals surface area contributed by atoms with Crippen LogP contribution in [0.4, 0.5) is 0 Å². The van der Waals surface area contributed by atoms with E-state index in [1.165, 1.54) is 0 Å². The highest BCUT2D eigenvalue weighted by atomic mass is 16.5. The molecule has 16 heavy (non-hydrogen) atoms. The summed E-state index contributed by atoms with van der Waals surface area (Å²) in [5.74, 6) is 0.0397. The van der Waals surface area contributed by atoms with E-state index in [-0.39, 0.29) is 23.6 Å². The van der Waals surface area contributed by atoms with Crippen LogP contribution < -0.4 is 10.6 Å². The molecule has 1 saturated heterocycles. The lowest BCUT2D eigenvalue weighted by Crippen LogP contribution is -2.48. The van der Waals surface area contributed by atoms with Gasteiger partial charge >= 0.3 is 0 Å². The van der Waals surface area contributed by atoms with Gasteiger partial charge in [-0.25, -0.2) is 0 Å². The maximum absolute atomic E-state index is 11.6. The van der Waals surface area contributed by atoms with Gasteiger partial charge in [-0.05, 0) is 40.5 Å². The Labute approximate surface area is 98.1 Å². The summed E-state index contributed by atoms with van der Waals surface area (Å²) >= 11 is 0. The minimum atomic E-state index is -0.0234. The second-order valence-corrected chi connectivity index (χ2v) is 5.51. The number of carbonyl (C=O) groups is 1. The van der Waals surface area contributed by atoms with Crippen LogP contribution in [-0.4, -0.2) is 36.7 Å². The van der Waals surface area contributed by atoms with Gasteiger partial charge in [-0.15, -0.1) is 0 Å². The molecule has 0 aromatic heterocycles. The normalized spacial score (nSPS) is 23.1. The van der Waals surface area contributed by atoms with Crippen LogP contribution in [0.5, 0.6) is 0 Å². The van der Waals surface area contributed by atoms with Crippen molar-refractivity contribution in [2.24, 2.45) is 0 Å². The standard InChI is InChI=1S/C12H24N2O2/c1-9(10-6-5-7-16-10)14-11(15)8-13-12(2,3)4/h9-10,13H,5-8H2,1-4H3,(H,14,15). The first-order chi connectivity index (χ1) is 7.38. The van der Waals surface area contributed by atoms with Crippen molar-refractivity contribution in [3.63, 3.8) is 0 Å². The summed E-state index contributed by atoms with van der Waals surface area (Å²) < 4.78 is 5.53. The van der Waals surface area contributed by atoms with Gasteiger partial charge in [-0.3, -0.25) is 4.79 Å². The number of nitrogens with one attached hydrogen (secondary N) is 2. The third kappa shape index (κ3) is 4.94. The summed E-state index contributed by atoms with van der Waals surface area (Å²) in [6, 6.07) is 0.108. The number of amides is 1. The van der Waals surface area contributed by atoms with Crippen LogP contribution in [0, 0.1) is 0 Å². The van der Waals surface area contributed by atoms with E-state index in [0.717, 1.165) is 19.4 Å². The first-order valence-corrected chi connectivity index (χ1v) is 6.04. The average Bonchev–Trinajstić information content (AvgIpc) is 2.66. The van der Waals surface area contributed by atoms with Gasteiger partial charge in [0.15, 0.2) is 0 Å². The Bertz CT molecular complexity index is 230. The molecule has 0 aromatic rings. The Morgan fingerprint density at radius 1 is 1.50 bits per heavy atom. The van der Waals surface area contributed by atoms with Crippen molar-refractivity contribution < 1.29 is 9.53 Å². The smallest absolute Gasteiger partial charge is 0.234 e. The largest absolute Gasteiger partial charge is 0.376 e. The van der Waals surface area contributed by atoms with Crippen LogP contribution in [0.15, 0.2) is 0 Å². The molecule has 2 unspecified atom stereocenters. The first kappa shape index (κ1) is 13.5. The maximum Gasteiger partial charge on any atom is 0.234 e. The van der Waals surface area contributed by atoms with E-state index in [1.54, 1.807) is 0 Å². The minimum Gasteiger partial charge on any atom is -0.376 e. The highest BCUT2D eigenvalue weighted by molar-refractivity contribution is 5.78. The van der Waals surface area contributed by atoms with E-state index in [1.807, 2.05) is 27.7 Å². The molecule has 1 heterocycles. The Morgan fingerprint density at radius 3 is 2.69 bits per heavy atom. The minimum absolute atomic E-state index is 0.0234. The summed E-state index contributed by atoms with van der Waals surface area (Å²) in [5, 5.41) is 6.13. The Kier molecular flexibility index (Phi) is 4.74. The van der Waals surface area contributed by atoms with Crippen LogP contribution >= 0.6 is 0 Å². The lowest BCUT2D eigenvalue weighted by molar-refractivity contribution is -0.122. The number of hydrogen-bond donors (Lipinski definition) is 2. The molecule has 4 heteroatoms. The van der Waals surface area contributed by atoms with E-state index < -0.39 is 0 Å². The molecule has 0 radical (unpaired) electrons. The van der Waals surface area contributed by atoms with Gasteiger partial charge in [0.2, 0.25) is 5.91 Å². The predicted molar refractivity (Wildman–Crippen MR) is 64.3 cm³/mol. The summed E-state index contributed by atoms with van der Waals surface area (Å²) in [5.41, 5.74) is -0.0234. The SMILES string of the molecule is CC(NC(=O)CNC(C)(C)C)C1CCCO1. The fraction of sp³-hybridized carbons (Fsp3) is 0.917. The van der Waals surface area contributed by atoms with E-state index in [9.17, 15) is 4.79 Å². The summed E-state index contributed by atoms with van der Waals surface area (Å²) in [7, 11) is 0. The summed E-state index contributed by atoms with van der Waals surface area (Å²) in [6.45, 7) is 9.33. The molecule has 1 aliphatic heterocycles. The van der Waals surface area contributed by atoms with Crippen LogP contribution in [0.25, 0.3) is 0 Å². The lowest BCUT2D eigenvalue weighted by Gasteiger charge is -2.23. The quantitative estimate of drug-likeness (QED) is 0.756. The number of carbonyl (C=O) groups excluding carboxylic acids is 1. The average molecular weight is 228 g/mol. The van der Waals surface area contributed by atoms with Gasteiger partial charge in [-0.1, -0.05) is 0 Å². The van der Waals surface area contributed by atoms with Gasteiger partial charge in [0.25, 0.3) is 0 Å². The molecule has 0 aliphatic carbocycles. The van der Waals surface area contributed by atoms with Crippen LogP contribution in [-0.2, 0) is 9.53 Å². The number of hydrogen-bond acceptors (Lipinski definition) is 3. The number of ether oxygens (including phenoxy) is 1. The van der Waals surface area contributed by atoms with Gasteiger partial charge in [0, 0.05) is 12.1 Å². The summed E-state index contributed by atoms with van der Waals surface area (Å²) in [6.07, 6.45) is 2.35. The summed E-state index contributed by atoms with van der Waals surface area (Å²) in [4.78, 5) is 11.6. The number of rotatable bonds is 4. The van der Waals surface area contributed by atoms with Gasteiger partial charge < -0.3 is 15.4 Å². The van der Waals surface area contributed by atoms with Crippen molar-refractivity contribution in [2.75, 3.05) is 13.2 Å². The Hall–Kier alpha value is -0.610. The van der Waals surface area contributed by atoms with Crippen molar-refractivity contribution in [3.05, 3.63) is 0 Å². The zero-order valence-corrected chi connectivity index (χ0v) is 10.8. The maximum atomic E-state index is 11.6. The molecule has 1 fully saturated rings. The van der Waals surface area contributed by atoms with Gasteiger partial charge in [0.05, 0.1) is 18.7 Å². The molecule has 1 rings (SSSR count). The fourth-order valence-electron chi connectivity index (χ4n) is 1.74. The fourth-order valence-corrected chi connectivity index (χ4v) is 1.74. The zero-order chi connectivity index (χ0) is 12.2. The van der Waals surface area contributed by atoms with Crippen molar-refractivity contribution in [3.8, 4) is 0 Å². The molecule has 94 valence electrons. The molecule has 2 N–H and O–H groups in total. The third-order valence-corrected chi connectivity index (χ3v) is 2.69. The highest BCUT2D eigenvalue weighted by Crippen LogP contribution is 2.15. The molecule has 0 bridgehead atoms. The van der Waals surface area contributed by atoms with Crippen LogP contribution in [0.2, 0.25) is 0 Å². The second-order valence-electron chi connectivity index (χ2n) is 5.51. The van der Waals surface area contributed by atoms with E-state index >= 15 is 0 Å². The van der Waals surface area contributed by atoms with Crippen molar-refractivity contribution >= 4 is 5.91 Å². The second kappa shape index (κ2) is 5.64. The molecular weight excluding hydrogens is 204 g/mol. The van der Waals surface area contributed by atoms with Gasteiger partial charge in [0.1, 0.15) is 0 Å². The zero-order valence-electron chi connectivity index (χ0n) is 10.8. The van der Waals surface area contributed by atoms with Gasteiger partial charge in [-0.2, -0.15) is 0 Å². The molecule has 1 amide bonds. The van der Waals surface area contributed by atoms with Crippen molar-refractivity contribution in [2.45, 2.75) is 58.2 Å². The molecule has 4 nitrogen and oxygen atoms in total. The van der Waals surface area contributed by atoms with E-state index in [0.29, 0.717) is 6.54 Å². The molecular formula is C12H24N2O2. The van der Waals surface area contributed by atoms with Crippen LogP contribution in [0.1, 0.15) is 40.5 Å². The molecule has 0 aromatic carbocycles. The highest BCUT2D eigenvalue weighted by Gasteiger charge is 2.23. The Balaban J connectivity index is 2.22.